The Hall–Kier alpha value is 0.130. The van der Waals surface area contributed by atoms with Gasteiger partial charge >= 0.3 is 11.3 Å². The molecule has 4 nitrogen and oxygen atoms in total. The molecule has 0 spiro atoms. The van der Waals surface area contributed by atoms with Crippen molar-refractivity contribution >= 4 is 0 Å². The maximum absolute atomic E-state index is 9.49. The maximum Gasteiger partial charge on any atom is 0.333 e. The van der Waals surface area contributed by atoms with Crippen LogP contribution in [-0.4, -0.2) is 27.1 Å². The van der Waals surface area contributed by atoms with Crippen molar-refractivity contribution in [1.29, 1.82) is 0 Å². The van der Waals surface area contributed by atoms with Crippen molar-refractivity contribution in [2.24, 2.45) is 0 Å². The van der Waals surface area contributed by atoms with Crippen molar-refractivity contribution in [3.05, 3.63) is 0 Å². The zero-order valence-electron chi connectivity index (χ0n) is 5.13. The van der Waals surface area contributed by atoms with E-state index in [1.807, 2.05) is 0 Å². The highest BCUT2D eigenvalue weighted by molar-refractivity contribution is 4.19. The van der Waals surface area contributed by atoms with Crippen LogP contribution in [0, 0.1) is 11.3 Å². The molecule has 0 aromatic heterocycles. The highest BCUT2D eigenvalue weighted by atomic mass is 35.6. The van der Waals surface area contributed by atoms with Crippen LogP contribution >= 0.6 is 0 Å². The molecule has 0 N–H and O–H groups in total. The lowest BCUT2D eigenvalue weighted by Gasteiger charge is -1.96. The summed E-state index contributed by atoms with van der Waals surface area (Å²) in [5.74, 6) is 0. The van der Waals surface area contributed by atoms with E-state index in [0.29, 0.717) is 24.5 Å². The Morgan fingerprint density at radius 2 is 2.22 bits per heavy atom. The molecule has 0 rings (SSSR count). The Bertz CT molecular complexity index is 45.8. The van der Waals surface area contributed by atoms with Gasteiger partial charge in [0.25, 0.3) is 0 Å². The van der Waals surface area contributed by atoms with Crippen molar-refractivity contribution in [3.8, 4) is 0 Å². The van der Waals surface area contributed by atoms with Gasteiger partial charge in [-0.1, -0.05) is 4.29 Å². The Morgan fingerprint density at radius 3 is 2.78 bits per heavy atom. The first-order chi connectivity index (χ1) is 4.41. The molecule has 0 amide bonds. The summed E-state index contributed by atoms with van der Waals surface area (Å²) < 4.78 is 23.1. The fourth-order valence-corrected chi connectivity index (χ4v) is 0.350. The summed E-state index contributed by atoms with van der Waals surface area (Å²) >= 11 is 0.439. The second kappa shape index (κ2) is 8.13. The fourth-order valence-electron chi connectivity index (χ4n) is 0.251. The van der Waals surface area contributed by atoms with E-state index in [-0.39, 0.29) is 6.79 Å². The molecule has 5 heteroatoms. The van der Waals surface area contributed by atoms with E-state index in [2.05, 4.69) is 9.03 Å². The van der Waals surface area contributed by atoms with Crippen molar-refractivity contribution in [1.82, 2.24) is 0 Å². The van der Waals surface area contributed by atoms with Crippen LogP contribution in [0.25, 0.3) is 0 Å². The molecule has 0 heterocycles. The lowest BCUT2D eigenvalue weighted by molar-refractivity contribution is -1.27. The van der Waals surface area contributed by atoms with Crippen LogP contribution in [0.3, 0.4) is 0 Å². The first-order valence-corrected chi connectivity index (χ1v) is 2.99. The number of rotatable bonds is 6. The van der Waals surface area contributed by atoms with Gasteiger partial charge in [-0.2, -0.15) is 0 Å². The van der Waals surface area contributed by atoms with Gasteiger partial charge in [0, 0.05) is 7.11 Å². The van der Waals surface area contributed by atoms with Gasteiger partial charge in [0.1, 0.15) is 0 Å². The summed E-state index contributed by atoms with van der Waals surface area (Å²) in [7, 11) is 1.57. The minimum Gasteiger partial charge on any atom is -0.506 e. The van der Waals surface area contributed by atoms with E-state index in [4.69, 9.17) is 4.74 Å². The Balaban J connectivity index is 2.60. The monoisotopic (exact) mass is 156 g/mol. The molecule has 56 valence electrons. The third kappa shape index (κ3) is 8.13. The van der Waals surface area contributed by atoms with E-state index in [9.17, 15) is 4.66 Å². The second-order valence-electron chi connectivity index (χ2n) is 1.19. The lowest BCUT2D eigenvalue weighted by Crippen LogP contribution is -2.09. The second-order valence-corrected chi connectivity index (χ2v) is 1.54. The van der Waals surface area contributed by atoms with E-state index in [1.54, 1.807) is 7.11 Å². The van der Waals surface area contributed by atoms with Crippen molar-refractivity contribution in [2.45, 2.75) is 0 Å². The average Bonchev–Trinajstić information content (AvgIpc) is 1.89. The largest absolute Gasteiger partial charge is 0.506 e. The molecule has 0 unspecified atom stereocenters. The molecule has 0 fully saturated rings. The van der Waals surface area contributed by atoms with Crippen molar-refractivity contribution in [2.75, 3.05) is 27.1 Å². The molecule has 9 heavy (non-hydrogen) atoms. The van der Waals surface area contributed by atoms with Crippen LogP contribution in [-0.2, 0) is 13.8 Å². The van der Waals surface area contributed by atoms with Crippen molar-refractivity contribution in [3.63, 3.8) is 0 Å². The predicted molar refractivity (Wildman–Crippen MR) is 23.8 cm³/mol. The Morgan fingerprint density at radius 1 is 1.44 bits per heavy atom. The number of hydrogen-bond donors (Lipinski definition) is 0. The molecule has 0 aliphatic rings. The highest BCUT2D eigenvalue weighted by Crippen LogP contribution is 1.76. The summed E-state index contributed by atoms with van der Waals surface area (Å²) in [6.07, 6.45) is 0. The van der Waals surface area contributed by atoms with Gasteiger partial charge in [0.15, 0.2) is 0 Å². The molecule has 0 aliphatic heterocycles. The topological polar surface area (TPSA) is 50.8 Å². The number of methoxy groups -OCH3 is 1. The van der Waals surface area contributed by atoms with Crippen LogP contribution < -0.4 is 4.66 Å². The standard InChI is InChI=1S/C4H9ClO4/c1-7-2-3-8-4-9-5-6/h2-4H2,1H3. The summed E-state index contributed by atoms with van der Waals surface area (Å²) in [6.45, 7) is 0.962. The van der Waals surface area contributed by atoms with Gasteiger partial charge in [-0.25, -0.2) is 0 Å². The van der Waals surface area contributed by atoms with E-state index in [0.717, 1.165) is 0 Å². The van der Waals surface area contributed by atoms with Crippen LogP contribution in [0.4, 0.5) is 0 Å². The van der Waals surface area contributed by atoms with Gasteiger partial charge in [-0.15, -0.1) is 0 Å². The summed E-state index contributed by atoms with van der Waals surface area (Å²) in [4.78, 5) is 0. The Kier molecular flexibility index (Phi) is 8.25. The smallest absolute Gasteiger partial charge is 0.333 e. The molecule has 0 bridgehead atoms. The summed E-state index contributed by atoms with van der Waals surface area (Å²) in [5.41, 5.74) is 0. The molecular weight excluding hydrogens is 147 g/mol. The van der Waals surface area contributed by atoms with Crippen LogP contribution in [0.15, 0.2) is 0 Å². The fraction of sp³-hybridized carbons (Fsp3) is 1.00. The quantitative estimate of drug-likeness (QED) is 0.362. The van der Waals surface area contributed by atoms with Crippen LogP contribution in [0.5, 0.6) is 0 Å². The number of halogens is 1. The highest BCUT2D eigenvalue weighted by Gasteiger charge is 1.90. The normalized spacial score (nSPS) is 10.0. The maximum atomic E-state index is 9.49. The van der Waals surface area contributed by atoms with Gasteiger partial charge in [0.2, 0.25) is 6.79 Å². The van der Waals surface area contributed by atoms with Gasteiger partial charge in [0.05, 0.1) is 13.2 Å². The van der Waals surface area contributed by atoms with Gasteiger partial charge < -0.3 is 14.1 Å². The average molecular weight is 157 g/mol. The van der Waals surface area contributed by atoms with Crippen LogP contribution in [0.1, 0.15) is 0 Å². The molecule has 0 aromatic carbocycles. The minimum absolute atomic E-state index is 0.000633. The summed E-state index contributed by atoms with van der Waals surface area (Å²) in [5, 5.41) is 0. The molecule has 0 radical (unpaired) electrons. The zero-order valence-corrected chi connectivity index (χ0v) is 5.89. The third-order valence-corrected chi connectivity index (χ3v) is 0.782. The third-order valence-electron chi connectivity index (χ3n) is 0.604. The first kappa shape index (κ1) is 9.13. The molecular formula is C4H9ClO4. The van der Waals surface area contributed by atoms with Gasteiger partial charge in [-0.05, 0) is 0 Å². The van der Waals surface area contributed by atoms with E-state index >= 15 is 0 Å². The van der Waals surface area contributed by atoms with Crippen LogP contribution in [0.2, 0.25) is 0 Å². The SMILES string of the molecule is COCCOCO[Cl+][O-]. The molecule has 0 saturated heterocycles. The molecule has 0 atom stereocenters. The predicted octanol–water partition coefficient (Wildman–Crippen LogP) is -1.10. The van der Waals surface area contributed by atoms with Crippen molar-refractivity contribution < 1.29 is 29.7 Å². The summed E-state index contributed by atoms with van der Waals surface area (Å²) in [6, 6.07) is 0. The van der Waals surface area contributed by atoms with E-state index < -0.39 is 0 Å². The van der Waals surface area contributed by atoms with E-state index in [1.165, 1.54) is 0 Å². The first-order valence-electron chi connectivity index (χ1n) is 2.37. The van der Waals surface area contributed by atoms with Gasteiger partial charge in [-0.3, -0.25) is 0 Å². The molecule has 0 aliphatic carbocycles. The Labute approximate surface area is 57.8 Å². The lowest BCUT2D eigenvalue weighted by atomic mass is 10.8. The zero-order chi connectivity index (χ0) is 6.95. The molecule has 0 aromatic rings. The number of ether oxygens (including phenoxy) is 2. The number of hydrogen-bond acceptors (Lipinski definition) is 4. The minimum atomic E-state index is 0.000633. The molecule has 0 saturated carbocycles.